The molecule has 1 saturated heterocycles. The van der Waals surface area contributed by atoms with Gasteiger partial charge >= 0.3 is 6.09 Å². The molecule has 0 aromatic rings. The number of halogens is 2. The number of rotatable bonds is 1. The Morgan fingerprint density at radius 2 is 2.17 bits per heavy atom. The zero-order chi connectivity index (χ0) is 9.30. The van der Waals surface area contributed by atoms with Crippen molar-refractivity contribution >= 4 is 6.09 Å². The number of carboxylic acid groups (broad SMARTS) is 1. The number of aliphatic hydroxyl groups is 1. The molecule has 1 amide bonds. The standard InChI is InChI=1S/C6H9F2NO3/c7-5(8)4-1-3(10)2-9(4)6(11)12/h3-5,10H,1-2H2,(H,11,12)/t3-,4-/m0/s1. The minimum atomic E-state index is -2.72. The van der Waals surface area contributed by atoms with Gasteiger partial charge in [0.25, 0.3) is 6.43 Å². The molecule has 0 aliphatic carbocycles. The summed E-state index contributed by atoms with van der Waals surface area (Å²) in [7, 11) is 0. The van der Waals surface area contributed by atoms with Gasteiger partial charge in [-0.25, -0.2) is 13.6 Å². The molecule has 1 fully saturated rings. The number of nitrogens with zero attached hydrogens (tertiary/aromatic N) is 1. The van der Waals surface area contributed by atoms with Crippen LogP contribution in [-0.4, -0.2) is 46.3 Å². The third kappa shape index (κ3) is 1.63. The number of aliphatic hydroxyl groups excluding tert-OH is 1. The van der Waals surface area contributed by atoms with Crippen molar-refractivity contribution in [3.8, 4) is 0 Å². The van der Waals surface area contributed by atoms with Gasteiger partial charge in [0.15, 0.2) is 0 Å². The summed E-state index contributed by atoms with van der Waals surface area (Å²) in [6.45, 7) is -0.218. The highest BCUT2D eigenvalue weighted by atomic mass is 19.3. The van der Waals surface area contributed by atoms with Crippen molar-refractivity contribution in [2.45, 2.75) is 25.0 Å². The zero-order valence-electron chi connectivity index (χ0n) is 6.15. The molecule has 6 heteroatoms. The summed E-state index contributed by atoms with van der Waals surface area (Å²) in [5, 5.41) is 17.4. The van der Waals surface area contributed by atoms with Crippen LogP contribution >= 0.6 is 0 Å². The summed E-state index contributed by atoms with van der Waals surface area (Å²) in [5.41, 5.74) is 0. The molecular weight excluding hydrogens is 172 g/mol. The maximum absolute atomic E-state index is 12.1. The second-order valence-corrected chi connectivity index (χ2v) is 2.73. The molecule has 0 spiro atoms. The predicted molar refractivity (Wildman–Crippen MR) is 35.1 cm³/mol. The van der Waals surface area contributed by atoms with Crippen molar-refractivity contribution in [1.29, 1.82) is 0 Å². The lowest BCUT2D eigenvalue weighted by Gasteiger charge is -2.19. The summed E-state index contributed by atoms with van der Waals surface area (Å²) < 4.78 is 24.2. The van der Waals surface area contributed by atoms with E-state index in [9.17, 15) is 13.6 Å². The smallest absolute Gasteiger partial charge is 0.407 e. The van der Waals surface area contributed by atoms with Gasteiger partial charge in [0.05, 0.1) is 18.7 Å². The van der Waals surface area contributed by atoms with Crippen LogP contribution in [0.15, 0.2) is 0 Å². The monoisotopic (exact) mass is 181 g/mol. The molecule has 2 N–H and O–H groups in total. The van der Waals surface area contributed by atoms with Gasteiger partial charge in [-0.1, -0.05) is 0 Å². The molecule has 0 unspecified atom stereocenters. The SMILES string of the molecule is O=C(O)N1C[C@@H](O)C[C@H]1C(F)F. The van der Waals surface area contributed by atoms with E-state index in [2.05, 4.69) is 0 Å². The van der Waals surface area contributed by atoms with Crippen LogP contribution in [0, 0.1) is 0 Å². The molecule has 0 bridgehead atoms. The topological polar surface area (TPSA) is 60.8 Å². The van der Waals surface area contributed by atoms with E-state index < -0.39 is 24.7 Å². The molecule has 70 valence electrons. The van der Waals surface area contributed by atoms with Gasteiger partial charge in [-0.15, -0.1) is 0 Å². The van der Waals surface area contributed by atoms with Crippen molar-refractivity contribution in [2.75, 3.05) is 6.54 Å². The van der Waals surface area contributed by atoms with Crippen LogP contribution in [0.1, 0.15) is 6.42 Å². The maximum atomic E-state index is 12.1. The Bertz CT molecular complexity index is 188. The van der Waals surface area contributed by atoms with Crippen molar-refractivity contribution in [1.82, 2.24) is 4.90 Å². The van der Waals surface area contributed by atoms with Crippen LogP contribution in [0.3, 0.4) is 0 Å². The lowest BCUT2D eigenvalue weighted by molar-refractivity contribution is 0.0469. The maximum Gasteiger partial charge on any atom is 0.407 e. The van der Waals surface area contributed by atoms with Gasteiger partial charge in [0, 0.05) is 6.42 Å². The van der Waals surface area contributed by atoms with Crippen molar-refractivity contribution in [2.24, 2.45) is 0 Å². The third-order valence-electron chi connectivity index (χ3n) is 1.86. The fourth-order valence-electron chi connectivity index (χ4n) is 1.30. The molecule has 0 radical (unpaired) electrons. The largest absolute Gasteiger partial charge is 0.465 e. The predicted octanol–water partition coefficient (Wildman–Crippen LogP) is 0.365. The van der Waals surface area contributed by atoms with E-state index in [1.807, 2.05) is 0 Å². The molecule has 4 nitrogen and oxygen atoms in total. The van der Waals surface area contributed by atoms with Crippen LogP contribution in [0.2, 0.25) is 0 Å². The summed E-state index contributed by atoms with van der Waals surface area (Å²) in [4.78, 5) is 10.9. The number of likely N-dealkylation sites (tertiary alicyclic amines) is 1. The van der Waals surface area contributed by atoms with Crippen LogP contribution in [-0.2, 0) is 0 Å². The van der Waals surface area contributed by atoms with Gasteiger partial charge in [0.1, 0.15) is 0 Å². The Balaban J connectivity index is 2.65. The van der Waals surface area contributed by atoms with E-state index in [0.717, 1.165) is 0 Å². The third-order valence-corrected chi connectivity index (χ3v) is 1.86. The first-order chi connectivity index (χ1) is 5.52. The lowest BCUT2D eigenvalue weighted by atomic mass is 10.2. The van der Waals surface area contributed by atoms with Crippen LogP contribution in [0.25, 0.3) is 0 Å². The van der Waals surface area contributed by atoms with Gasteiger partial charge in [-0.3, -0.25) is 4.90 Å². The highest BCUT2D eigenvalue weighted by Crippen LogP contribution is 2.23. The van der Waals surface area contributed by atoms with Crippen LogP contribution in [0.4, 0.5) is 13.6 Å². The lowest BCUT2D eigenvalue weighted by Crippen LogP contribution is -2.38. The minimum absolute atomic E-state index is 0.177. The Morgan fingerprint density at radius 1 is 1.58 bits per heavy atom. The zero-order valence-corrected chi connectivity index (χ0v) is 6.15. The number of alkyl halides is 2. The minimum Gasteiger partial charge on any atom is -0.465 e. The molecule has 0 saturated carbocycles. The van der Waals surface area contributed by atoms with Gasteiger partial charge in [-0.2, -0.15) is 0 Å². The fraction of sp³-hybridized carbons (Fsp3) is 0.833. The summed E-state index contributed by atoms with van der Waals surface area (Å²) in [6.07, 6.45) is -5.26. The first-order valence-corrected chi connectivity index (χ1v) is 3.48. The van der Waals surface area contributed by atoms with Crippen LogP contribution in [0.5, 0.6) is 0 Å². The Hall–Kier alpha value is -0.910. The van der Waals surface area contributed by atoms with Gasteiger partial charge in [-0.05, 0) is 0 Å². The molecule has 0 aromatic heterocycles. The quantitative estimate of drug-likeness (QED) is 0.614. The fourth-order valence-corrected chi connectivity index (χ4v) is 1.30. The number of carbonyl (C=O) groups is 1. The van der Waals surface area contributed by atoms with E-state index in [1.54, 1.807) is 0 Å². The van der Waals surface area contributed by atoms with Crippen LogP contribution < -0.4 is 0 Å². The molecule has 1 rings (SSSR count). The highest BCUT2D eigenvalue weighted by Gasteiger charge is 2.39. The van der Waals surface area contributed by atoms with Crippen molar-refractivity contribution in [3.05, 3.63) is 0 Å². The first kappa shape index (κ1) is 9.18. The Morgan fingerprint density at radius 3 is 2.50 bits per heavy atom. The van der Waals surface area contributed by atoms with Gasteiger partial charge < -0.3 is 10.2 Å². The first-order valence-electron chi connectivity index (χ1n) is 3.48. The highest BCUT2D eigenvalue weighted by molar-refractivity contribution is 5.66. The van der Waals surface area contributed by atoms with E-state index >= 15 is 0 Å². The average Bonchev–Trinajstić information content (AvgIpc) is 2.31. The average molecular weight is 181 g/mol. The summed E-state index contributed by atoms with van der Waals surface area (Å²) in [5.74, 6) is 0. The molecule has 12 heavy (non-hydrogen) atoms. The molecule has 2 atom stereocenters. The van der Waals surface area contributed by atoms with Gasteiger partial charge in [0.2, 0.25) is 0 Å². The van der Waals surface area contributed by atoms with E-state index in [1.165, 1.54) is 0 Å². The second kappa shape index (κ2) is 3.22. The molecule has 1 heterocycles. The molecule has 0 aromatic carbocycles. The van der Waals surface area contributed by atoms with Crippen molar-refractivity contribution in [3.63, 3.8) is 0 Å². The number of hydrogen-bond acceptors (Lipinski definition) is 2. The summed E-state index contributed by atoms with van der Waals surface area (Å²) in [6, 6.07) is -1.35. The second-order valence-electron chi connectivity index (χ2n) is 2.73. The number of amides is 1. The normalized spacial score (nSPS) is 29.8. The molecular formula is C6H9F2NO3. The van der Waals surface area contributed by atoms with E-state index in [0.29, 0.717) is 4.90 Å². The van der Waals surface area contributed by atoms with E-state index in [4.69, 9.17) is 10.2 Å². The van der Waals surface area contributed by atoms with Crippen molar-refractivity contribution < 1.29 is 23.8 Å². The number of β-amino-alcohol motifs (C(OH)–C–C–N with tert-alkyl or cyclic N) is 1. The van der Waals surface area contributed by atoms with E-state index in [-0.39, 0.29) is 13.0 Å². The molecule has 1 aliphatic rings. The Labute approximate surface area is 67.4 Å². The Kier molecular flexibility index (Phi) is 2.46. The summed E-state index contributed by atoms with van der Waals surface area (Å²) >= 11 is 0. The molecule has 1 aliphatic heterocycles. The number of hydrogen-bond donors (Lipinski definition) is 2.